The summed E-state index contributed by atoms with van der Waals surface area (Å²) in [5.74, 6) is 1.86. The topological polar surface area (TPSA) is 77.2 Å². The van der Waals surface area contributed by atoms with E-state index in [0.717, 1.165) is 42.3 Å². The van der Waals surface area contributed by atoms with Crippen LogP contribution in [0.1, 0.15) is 23.1 Å². The van der Waals surface area contributed by atoms with Crippen molar-refractivity contribution >= 4 is 22.9 Å². The van der Waals surface area contributed by atoms with Crippen LogP contribution < -0.4 is 10.2 Å². The van der Waals surface area contributed by atoms with Gasteiger partial charge in [0.2, 0.25) is 5.95 Å². The van der Waals surface area contributed by atoms with Crippen LogP contribution in [0.2, 0.25) is 0 Å². The molecule has 4 rings (SSSR count). The number of aromatic nitrogens is 4. The van der Waals surface area contributed by atoms with E-state index in [1.165, 1.54) is 0 Å². The van der Waals surface area contributed by atoms with Crippen molar-refractivity contribution in [2.24, 2.45) is 7.05 Å². The maximum absolute atomic E-state index is 12.6. The van der Waals surface area contributed by atoms with Crippen molar-refractivity contribution in [2.45, 2.75) is 19.9 Å². The number of anilines is 1. The first-order valence-corrected chi connectivity index (χ1v) is 9.74. The monoisotopic (exact) mass is 382 g/mol. The first-order valence-electron chi connectivity index (χ1n) is 9.74. The molecule has 0 spiro atoms. The highest BCUT2D eigenvalue weighted by atomic mass is 16.5. The Bertz CT molecular complexity index is 970. The first-order chi connectivity index (χ1) is 13.7. The molecule has 0 aliphatic carbocycles. The molecule has 0 saturated carbocycles. The number of aryl methyl sites for hydroxylation is 2. The van der Waals surface area contributed by atoms with E-state index in [-0.39, 0.29) is 5.91 Å². The highest BCUT2D eigenvalue weighted by molar-refractivity contribution is 5.97. The second-order valence-corrected chi connectivity index (χ2v) is 6.92. The number of rotatable bonds is 6. The summed E-state index contributed by atoms with van der Waals surface area (Å²) in [6.07, 6.45) is 4.61. The molecule has 0 radical (unpaired) electrons. The van der Waals surface area contributed by atoms with Gasteiger partial charge in [0.1, 0.15) is 5.82 Å². The number of nitrogens with one attached hydrogen (secondary N) is 1. The van der Waals surface area contributed by atoms with Gasteiger partial charge in [0, 0.05) is 57.6 Å². The summed E-state index contributed by atoms with van der Waals surface area (Å²) in [4.78, 5) is 23.9. The molecule has 0 bridgehead atoms. The van der Waals surface area contributed by atoms with Gasteiger partial charge in [-0.15, -0.1) is 0 Å². The first kappa shape index (κ1) is 18.5. The highest BCUT2D eigenvalue weighted by Gasteiger charge is 2.18. The van der Waals surface area contributed by atoms with Crippen LogP contribution in [0, 0.1) is 0 Å². The zero-order chi connectivity index (χ0) is 19.5. The molecule has 1 amide bonds. The van der Waals surface area contributed by atoms with Gasteiger partial charge in [0.15, 0.2) is 0 Å². The number of carbonyl (C=O) groups excluding carboxylic acids is 1. The van der Waals surface area contributed by atoms with Crippen molar-refractivity contribution in [2.75, 3.05) is 37.7 Å². The Hall–Kier alpha value is -2.87. The molecular weight excluding hydrogens is 356 g/mol. The van der Waals surface area contributed by atoms with Crippen molar-refractivity contribution in [3.63, 3.8) is 0 Å². The summed E-state index contributed by atoms with van der Waals surface area (Å²) >= 11 is 0. The molecule has 1 fully saturated rings. The predicted octanol–water partition coefficient (Wildman–Crippen LogP) is 1.60. The van der Waals surface area contributed by atoms with E-state index >= 15 is 0 Å². The minimum Gasteiger partial charge on any atom is -0.378 e. The molecule has 28 heavy (non-hydrogen) atoms. The lowest BCUT2D eigenvalue weighted by Gasteiger charge is -2.27. The van der Waals surface area contributed by atoms with Crippen molar-refractivity contribution in [1.29, 1.82) is 0 Å². The average Bonchev–Trinajstić information content (AvgIpc) is 3.32. The summed E-state index contributed by atoms with van der Waals surface area (Å²) in [6, 6.07) is 5.69. The molecule has 2 aromatic heterocycles. The third kappa shape index (κ3) is 3.60. The van der Waals surface area contributed by atoms with Crippen LogP contribution in [-0.2, 0) is 24.8 Å². The normalized spacial score (nSPS) is 14.6. The number of fused-ring (bicyclic) bond motifs is 1. The molecule has 3 aromatic rings. The second kappa shape index (κ2) is 8.02. The summed E-state index contributed by atoms with van der Waals surface area (Å²) in [7, 11) is 2.01. The van der Waals surface area contributed by atoms with Crippen LogP contribution in [0.4, 0.5) is 5.95 Å². The number of hydrogen-bond acceptors (Lipinski definition) is 5. The number of hydrogen-bond donors (Lipinski definition) is 1. The lowest BCUT2D eigenvalue weighted by molar-refractivity contribution is 0.0952. The molecular formula is C20H26N6O2. The van der Waals surface area contributed by atoms with Gasteiger partial charge in [-0.25, -0.2) is 9.97 Å². The lowest BCUT2D eigenvalue weighted by Crippen LogP contribution is -2.37. The zero-order valence-electron chi connectivity index (χ0n) is 16.4. The van der Waals surface area contributed by atoms with Crippen LogP contribution in [0.5, 0.6) is 0 Å². The van der Waals surface area contributed by atoms with Gasteiger partial charge in [0.25, 0.3) is 5.91 Å². The van der Waals surface area contributed by atoms with Crippen LogP contribution in [0.25, 0.3) is 11.0 Å². The maximum atomic E-state index is 12.6. The Labute approximate surface area is 164 Å². The van der Waals surface area contributed by atoms with Crippen LogP contribution in [0.3, 0.4) is 0 Å². The molecule has 1 aromatic carbocycles. The van der Waals surface area contributed by atoms with E-state index in [4.69, 9.17) is 9.72 Å². The number of benzene rings is 1. The molecule has 148 valence electrons. The van der Waals surface area contributed by atoms with E-state index in [1.807, 2.05) is 31.4 Å². The third-order valence-corrected chi connectivity index (χ3v) is 5.17. The molecule has 1 aliphatic rings. The van der Waals surface area contributed by atoms with Gasteiger partial charge in [-0.3, -0.25) is 4.79 Å². The number of carbonyl (C=O) groups is 1. The van der Waals surface area contributed by atoms with Crippen LogP contribution >= 0.6 is 0 Å². The summed E-state index contributed by atoms with van der Waals surface area (Å²) in [6.45, 7) is 6.44. The van der Waals surface area contributed by atoms with Crippen molar-refractivity contribution in [3.8, 4) is 0 Å². The Morgan fingerprint density at radius 1 is 1.29 bits per heavy atom. The van der Waals surface area contributed by atoms with E-state index in [9.17, 15) is 4.79 Å². The fraction of sp³-hybridized carbons (Fsp3) is 0.450. The number of ether oxygens (including phenoxy) is 1. The zero-order valence-corrected chi connectivity index (χ0v) is 16.4. The lowest BCUT2D eigenvalue weighted by atomic mass is 10.2. The fourth-order valence-electron chi connectivity index (χ4n) is 3.62. The molecule has 8 nitrogen and oxygen atoms in total. The van der Waals surface area contributed by atoms with Gasteiger partial charge in [-0.05, 0) is 18.2 Å². The number of amides is 1. The number of imidazole rings is 2. The quantitative estimate of drug-likeness (QED) is 0.701. The molecule has 0 unspecified atom stereocenters. The van der Waals surface area contributed by atoms with Gasteiger partial charge in [-0.2, -0.15) is 0 Å². The van der Waals surface area contributed by atoms with Crippen LogP contribution in [-0.4, -0.2) is 57.9 Å². The van der Waals surface area contributed by atoms with E-state index in [2.05, 4.69) is 31.3 Å². The Balaban J connectivity index is 1.45. The minimum atomic E-state index is -0.0846. The molecule has 1 saturated heterocycles. The molecule has 1 N–H and O–H groups in total. The van der Waals surface area contributed by atoms with E-state index in [1.54, 1.807) is 6.20 Å². The number of morpholine rings is 1. The Morgan fingerprint density at radius 3 is 2.89 bits per heavy atom. The number of nitrogens with zero attached hydrogens (tertiary/aromatic N) is 5. The summed E-state index contributed by atoms with van der Waals surface area (Å²) in [5, 5.41) is 2.99. The van der Waals surface area contributed by atoms with E-state index < -0.39 is 0 Å². The summed E-state index contributed by atoms with van der Waals surface area (Å²) < 4.78 is 9.57. The predicted molar refractivity (Wildman–Crippen MR) is 108 cm³/mol. The highest BCUT2D eigenvalue weighted by Crippen LogP contribution is 2.23. The average molecular weight is 382 g/mol. The van der Waals surface area contributed by atoms with E-state index in [0.29, 0.717) is 31.9 Å². The SMILES string of the molecule is CCc1nccn1CCNC(=O)c1ccc2c(c1)nc(N1CCOCC1)n2C. The standard InChI is InChI=1S/C20H26N6O2/c1-3-18-21-6-8-25(18)9-7-22-19(27)15-4-5-17-16(14-15)23-20(24(17)2)26-10-12-28-13-11-26/h4-6,8,14H,3,7,9-13H2,1-2H3,(H,22,27). The Kier molecular flexibility index (Phi) is 5.29. The fourth-order valence-corrected chi connectivity index (χ4v) is 3.62. The van der Waals surface area contributed by atoms with Gasteiger partial charge < -0.3 is 24.1 Å². The molecule has 3 heterocycles. The van der Waals surface area contributed by atoms with Gasteiger partial charge in [-0.1, -0.05) is 6.92 Å². The van der Waals surface area contributed by atoms with Crippen molar-refractivity contribution in [1.82, 2.24) is 24.4 Å². The smallest absolute Gasteiger partial charge is 0.251 e. The molecule has 8 heteroatoms. The largest absolute Gasteiger partial charge is 0.378 e. The second-order valence-electron chi connectivity index (χ2n) is 6.92. The van der Waals surface area contributed by atoms with Crippen LogP contribution in [0.15, 0.2) is 30.6 Å². The Morgan fingerprint density at radius 2 is 2.11 bits per heavy atom. The van der Waals surface area contributed by atoms with Gasteiger partial charge >= 0.3 is 0 Å². The molecule has 1 aliphatic heterocycles. The van der Waals surface area contributed by atoms with Gasteiger partial charge in [0.05, 0.1) is 24.2 Å². The summed E-state index contributed by atoms with van der Waals surface area (Å²) in [5.41, 5.74) is 2.48. The van der Waals surface area contributed by atoms with Crippen molar-refractivity contribution in [3.05, 3.63) is 42.0 Å². The third-order valence-electron chi connectivity index (χ3n) is 5.17. The minimum absolute atomic E-state index is 0.0846. The maximum Gasteiger partial charge on any atom is 0.251 e. The van der Waals surface area contributed by atoms with Crippen molar-refractivity contribution < 1.29 is 9.53 Å². The molecule has 0 atom stereocenters.